The Morgan fingerprint density at radius 2 is 1.70 bits per heavy atom. The third-order valence-electron chi connectivity index (χ3n) is 6.41. The average molecular weight is 433 g/mol. The summed E-state index contributed by atoms with van der Waals surface area (Å²) in [5, 5.41) is 8.84. The van der Waals surface area contributed by atoms with E-state index in [1.807, 2.05) is 11.0 Å². The van der Waals surface area contributed by atoms with Gasteiger partial charge in [-0.3, -0.25) is 9.69 Å². The van der Waals surface area contributed by atoms with Gasteiger partial charge in [0.25, 0.3) is 0 Å². The molecule has 0 spiro atoms. The standard InChI is InChI=1S/C22H32N4O3S/c1-17(2)25-11-13-26(14-12-25)22(27)20-7-3-19(4-8-20)16-24-30(28,29)21-9-5-18(15-23)6-10-21/h5-6,9-10,17,19-20,24H,3-4,7-8,11-14,16H2,1-2H3. The van der Waals surface area contributed by atoms with Gasteiger partial charge in [-0.25, -0.2) is 13.1 Å². The van der Waals surface area contributed by atoms with Crippen LogP contribution in [-0.2, 0) is 14.8 Å². The smallest absolute Gasteiger partial charge is 0.240 e. The van der Waals surface area contributed by atoms with Crippen LogP contribution in [0.1, 0.15) is 45.1 Å². The normalized spacial score (nSPS) is 23.3. The number of amides is 1. The second-order valence-corrected chi connectivity index (χ2v) is 10.4. The molecule has 1 saturated heterocycles. The molecule has 1 aromatic rings. The molecule has 164 valence electrons. The Labute approximate surface area is 180 Å². The molecule has 1 aliphatic heterocycles. The lowest BCUT2D eigenvalue weighted by molar-refractivity contribution is -0.138. The van der Waals surface area contributed by atoms with Gasteiger partial charge >= 0.3 is 0 Å². The van der Waals surface area contributed by atoms with Crippen molar-refractivity contribution in [2.75, 3.05) is 32.7 Å². The summed E-state index contributed by atoms with van der Waals surface area (Å²) < 4.78 is 27.6. The van der Waals surface area contributed by atoms with E-state index in [2.05, 4.69) is 23.5 Å². The molecule has 1 aliphatic carbocycles. The molecule has 0 aromatic heterocycles. The van der Waals surface area contributed by atoms with Crippen LogP contribution in [0, 0.1) is 23.2 Å². The van der Waals surface area contributed by atoms with Crippen LogP contribution in [0.5, 0.6) is 0 Å². The molecule has 1 aromatic carbocycles. The highest BCUT2D eigenvalue weighted by molar-refractivity contribution is 7.89. The minimum atomic E-state index is -3.58. The van der Waals surface area contributed by atoms with Crippen molar-refractivity contribution in [3.8, 4) is 6.07 Å². The zero-order valence-corrected chi connectivity index (χ0v) is 18.7. The van der Waals surface area contributed by atoms with Crippen molar-refractivity contribution in [3.63, 3.8) is 0 Å². The van der Waals surface area contributed by atoms with Crippen molar-refractivity contribution >= 4 is 15.9 Å². The van der Waals surface area contributed by atoms with Crippen molar-refractivity contribution in [2.45, 2.75) is 50.5 Å². The second-order valence-electron chi connectivity index (χ2n) is 8.66. The summed E-state index contributed by atoms with van der Waals surface area (Å²) in [5.41, 5.74) is 0.433. The number of hydrogen-bond acceptors (Lipinski definition) is 5. The monoisotopic (exact) mass is 432 g/mol. The van der Waals surface area contributed by atoms with Crippen molar-refractivity contribution in [1.82, 2.24) is 14.5 Å². The molecule has 7 nitrogen and oxygen atoms in total. The maximum absolute atomic E-state index is 12.9. The topological polar surface area (TPSA) is 93.5 Å². The molecule has 0 bridgehead atoms. The van der Waals surface area contributed by atoms with E-state index >= 15 is 0 Å². The fourth-order valence-electron chi connectivity index (χ4n) is 4.35. The van der Waals surface area contributed by atoms with Gasteiger partial charge in [0.15, 0.2) is 0 Å². The van der Waals surface area contributed by atoms with Gasteiger partial charge in [-0.15, -0.1) is 0 Å². The van der Waals surface area contributed by atoms with E-state index in [-0.39, 0.29) is 22.6 Å². The van der Waals surface area contributed by atoms with Crippen LogP contribution < -0.4 is 4.72 Å². The van der Waals surface area contributed by atoms with Crippen molar-refractivity contribution in [3.05, 3.63) is 29.8 Å². The van der Waals surface area contributed by atoms with Crippen molar-refractivity contribution in [1.29, 1.82) is 5.26 Å². The molecule has 1 amide bonds. The van der Waals surface area contributed by atoms with Crippen LogP contribution in [0.15, 0.2) is 29.2 Å². The van der Waals surface area contributed by atoms with Gasteiger partial charge in [-0.2, -0.15) is 5.26 Å². The number of hydrogen-bond donors (Lipinski definition) is 1. The molecule has 1 N–H and O–H groups in total. The number of nitrogens with one attached hydrogen (secondary N) is 1. The van der Waals surface area contributed by atoms with E-state index in [4.69, 9.17) is 5.26 Å². The Hall–Kier alpha value is -1.95. The fraction of sp³-hybridized carbons (Fsp3) is 0.636. The lowest BCUT2D eigenvalue weighted by Crippen LogP contribution is -2.52. The molecule has 30 heavy (non-hydrogen) atoms. The minimum absolute atomic E-state index is 0.0713. The van der Waals surface area contributed by atoms with Gasteiger partial charge in [-0.1, -0.05) is 0 Å². The summed E-state index contributed by atoms with van der Waals surface area (Å²) >= 11 is 0. The number of rotatable bonds is 6. The maximum Gasteiger partial charge on any atom is 0.240 e. The Balaban J connectivity index is 1.44. The Bertz CT molecular complexity index is 861. The Morgan fingerprint density at radius 1 is 1.10 bits per heavy atom. The Kier molecular flexibility index (Phi) is 7.50. The van der Waals surface area contributed by atoms with Gasteiger partial charge in [0, 0.05) is 44.7 Å². The first kappa shape index (κ1) is 22.7. The van der Waals surface area contributed by atoms with Crippen LogP contribution in [0.25, 0.3) is 0 Å². The number of piperazine rings is 1. The van der Waals surface area contributed by atoms with Crippen molar-refractivity contribution < 1.29 is 13.2 Å². The maximum atomic E-state index is 12.9. The highest BCUT2D eigenvalue weighted by Crippen LogP contribution is 2.30. The Morgan fingerprint density at radius 3 is 2.23 bits per heavy atom. The number of sulfonamides is 1. The van der Waals surface area contributed by atoms with Gasteiger partial charge in [-0.05, 0) is 69.7 Å². The predicted molar refractivity (Wildman–Crippen MR) is 115 cm³/mol. The molecule has 2 aliphatic rings. The number of nitrogens with zero attached hydrogens (tertiary/aromatic N) is 3. The van der Waals surface area contributed by atoms with Crippen LogP contribution >= 0.6 is 0 Å². The zero-order valence-electron chi connectivity index (χ0n) is 17.9. The lowest BCUT2D eigenvalue weighted by atomic mass is 9.81. The predicted octanol–water partition coefficient (Wildman–Crippen LogP) is 2.20. The summed E-state index contributed by atoms with van der Waals surface area (Å²) in [6.07, 6.45) is 3.37. The van der Waals surface area contributed by atoms with Gasteiger partial charge in [0.05, 0.1) is 16.5 Å². The van der Waals surface area contributed by atoms with E-state index in [1.165, 1.54) is 24.3 Å². The fourth-order valence-corrected chi connectivity index (χ4v) is 5.47. The molecule has 0 unspecified atom stereocenters. The summed E-state index contributed by atoms with van der Waals surface area (Å²) in [5.74, 6) is 0.594. The second kappa shape index (κ2) is 9.90. The van der Waals surface area contributed by atoms with E-state index in [0.29, 0.717) is 18.2 Å². The molecule has 8 heteroatoms. The minimum Gasteiger partial charge on any atom is -0.340 e. The lowest BCUT2D eigenvalue weighted by Gasteiger charge is -2.39. The van der Waals surface area contributed by atoms with Crippen LogP contribution in [0.3, 0.4) is 0 Å². The molecule has 0 radical (unpaired) electrons. The number of carbonyl (C=O) groups is 1. The molecular weight excluding hydrogens is 400 g/mol. The van der Waals surface area contributed by atoms with Crippen molar-refractivity contribution in [2.24, 2.45) is 11.8 Å². The van der Waals surface area contributed by atoms with E-state index in [1.54, 1.807) is 0 Å². The quantitative estimate of drug-likeness (QED) is 0.744. The summed E-state index contributed by atoms with van der Waals surface area (Å²) in [6.45, 7) is 8.26. The summed E-state index contributed by atoms with van der Waals surface area (Å²) in [4.78, 5) is 17.5. The van der Waals surface area contributed by atoms with Gasteiger partial charge < -0.3 is 4.90 Å². The van der Waals surface area contributed by atoms with Crippen LogP contribution in [0.2, 0.25) is 0 Å². The molecule has 3 rings (SSSR count). The number of nitriles is 1. The first-order valence-corrected chi connectivity index (χ1v) is 12.3. The average Bonchev–Trinajstić information content (AvgIpc) is 2.77. The van der Waals surface area contributed by atoms with Gasteiger partial charge in [0.2, 0.25) is 15.9 Å². The zero-order chi connectivity index (χ0) is 21.7. The highest BCUT2D eigenvalue weighted by Gasteiger charge is 2.31. The SMILES string of the molecule is CC(C)N1CCN(C(=O)C2CCC(CNS(=O)(=O)c3ccc(C#N)cc3)CC2)CC1. The van der Waals surface area contributed by atoms with E-state index < -0.39 is 10.0 Å². The van der Waals surface area contributed by atoms with Gasteiger partial charge in [0.1, 0.15) is 0 Å². The molecular formula is C22H32N4O3S. The molecule has 2 fully saturated rings. The third-order valence-corrected chi connectivity index (χ3v) is 7.85. The summed E-state index contributed by atoms with van der Waals surface area (Å²) in [7, 11) is -3.58. The third kappa shape index (κ3) is 5.60. The van der Waals surface area contributed by atoms with E-state index in [9.17, 15) is 13.2 Å². The number of benzene rings is 1. The van der Waals surface area contributed by atoms with Crippen LogP contribution in [-0.4, -0.2) is 62.9 Å². The molecule has 1 heterocycles. The highest BCUT2D eigenvalue weighted by atomic mass is 32.2. The first-order chi connectivity index (χ1) is 14.3. The number of carbonyl (C=O) groups excluding carboxylic acids is 1. The van der Waals surface area contributed by atoms with Crippen LogP contribution in [0.4, 0.5) is 0 Å². The largest absolute Gasteiger partial charge is 0.340 e. The molecule has 0 atom stereocenters. The summed E-state index contributed by atoms with van der Waals surface area (Å²) in [6, 6.07) is 8.42. The molecule has 1 saturated carbocycles. The first-order valence-electron chi connectivity index (χ1n) is 10.8. The van der Waals surface area contributed by atoms with E-state index in [0.717, 1.165) is 51.9 Å².